The fraction of sp³-hybridized carbons (Fsp3) is 0.471. The van der Waals surface area contributed by atoms with Crippen LogP contribution in [0, 0.1) is 5.92 Å². The molecule has 1 aliphatic rings. The molecule has 1 fully saturated rings. The van der Waals surface area contributed by atoms with Crippen LogP contribution in [0.5, 0.6) is 0 Å². The third kappa shape index (κ3) is 17.5. The lowest BCUT2D eigenvalue weighted by Gasteiger charge is -2.27. The first-order valence-corrected chi connectivity index (χ1v) is 25.0. The monoisotopic (exact) mass is 1060 g/mol. The summed E-state index contributed by atoms with van der Waals surface area (Å²) in [6.07, 6.45) is 0.710. The number of rotatable bonds is 10. The molecule has 25 heteroatoms. The number of aromatic amines is 2. The van der Waals surface area contributed by atoms with Gasteiger partial charge in [-0.15, -0.1) is 0 Å². The first kappa shape index (κ1) is 58.7. The molecule has 0 spiro atoms. The van der Waals surface area contributed by atoms with Gasteiger partial charge in [-0.3, -0.25) is 47.9 Å². The van der Waals surface area contributed by atoms with Crippen LogP contribution in [-0.2, 0) is 67.2 Å². The molecule has 0 unspecified atom stereocenters. The van der Waals surface area contributed by atoms with Gasteiger partial charge in [-0.1, -0.05) is 62.4 Å². The maximum Gasteiger partial charge on any atom is 0.245 e. The molecule has 25 nitrogen and oxygen atoms in total. The van der Waals surface area contributed by atoms with E-state index in [4.69, 9.17) is 0 Å². The smallest absolute Gasteiger partial charge is 0.245 e. The van der Waals surface area contributed by atoms with Gasteiger partial charge in [0, 0.05) is 61.2 Å². The molecule has 5 rings (SSSR count). The molecule has 76 heavy (non-hydrogen) atoms. The number of nitrogens with one attached hydrogen (secondary N) is 12. The summed E-state index contributed by atoms with van der Waals surface area (Å²) in [6.45, 7) is 7.67. The number of H-pyrrole nitrogens is 2. The molecule has 0 aliphatic carbocycles. The van der Waals surface area contributed by atoms with Crippen LogP contribution in [0.3, 0.4) is 0 Å². The van der Waals surface area contributed by atoms with E-state index in [1.165, 1.54) is 40.2 Å². The average Bonchev–Trinajstić information content (AvgIpc) is 4.05. The number of nitrogens with zero attached hydrogens (tertiary/aromatic N) is 1. The van der Waals surface area contributed by atoms with Gasteiger partial charge in [-0.2, -0.15) is 0 Å². The second kappa shape index (κ2) is 27.9. The lowest BCUT2D eigenvalue weighted by Crippen LogP contribution is -2.61. The number of aromatic nitrogens is 3. The van der Waals surface area contributed by atoms with Crippen molar-refractivity contribution in [2.45, 2.75) is 134 Å². The third-order valence-corrected chi connectivity index (χ3v) is 12.3. The van der Waals surface area contributed by atoms with Gasteiger partial charge < -0.3 is 73.3 Å². The summed E-state index contributed by atoms with van der Waals surface area (Å²) < 4.78 is 0. The van der Waals surface area contributed by atoms with Crippen molar-refractivity contribution in [3.8, 4) is 0 Å². The van der Waals surface area contributed by atoms with E-state index in [2.05, 4.69) is 68.1 Å². The highest BCUT2D eigenvalue weighted by Gasteiger charge is 2.35. The number of hydrogen-bond donors (Lipinski definition) is 14. The minimum Gasteiger partial charge on any atom is -0.391 e. The predicted octanol–water partition coefficient (Wildman–Crippen LogP) is -2.72. The van der Waals surface area contributed by atoms with Gasteiger partial charge in [0.25, 0.3) is 0 Å². The Morgan fingerprint density at radius 1 is 0.539 bits per heavy atom. The van der Waals surface area contributed by atoms with Crippen LogP contribution >= 0.6 is 0 Å². The number of para-hydroxylation sites is 1. The van der Waals surface area contributed by atoms with Crippen molar-refractivity contribution in [2.24, 2.45) is 5.92 Å². The third-order valence-electron chi connectivity index (χ3n) is 12.3. The van der Waals surface area contributed by atoms with Gasteiger partial charge in [0.05, 0.1) is 25.1 Å². The van der Waals surface area contributed by atoms with Gasteiger partial charge in [-0.05, 0) is 57.2 Å². The minimum absolute atomic E-state index is 0.0966. The molecule has 410 valence electrons. The van der Waals surface area contributed by atoms with Crippen LogP contribution in [0.25, 0.3) is 10.9 Å². The van der Waals surface area contributed by atoms with Gasteiger partial charge >= 0.3 is 0 Å². The van der Waals surface area contributed by atoms with Gasteiger partial charge in [-0.25, -0.2) is 4.98 Å². The lowest BCUT2D eigenvalue weighted by molar-refractivity contribution is -0.136. The lowest BCUT2D eigenvalue weighted by atomic mass is 10.0. The van der Waals surface area contributed by atoms with Crippen molar-refractivity contribution < 1.29 is 58.2 Å². The molecule has 1 aliphatic heterocycles. The van der Waals surface area contributed by atoms with E-state index in [0.717, 1.165) is 10.9 Å². The molecular formula is C51H69N13O12. The Balaban J connectivity index is 1.48. The maximum absolute atomic E-state index is 14.4. The summed E-state index contributed by atoms with van der Waals surface area (Å²) in [5.41, 5.74) is 2.32. The molecule has 4 aromatic rings. The van der Waals surface area contributed by atoms with Gasteiger partial charge in [0.15, 0.2) is 0 Å². The molecule has 0 bridgehead atoms. The predicted molar refractivity (Wildman–Crippen MR) is 275 cm³/mol. The van der Waals surface area contributed by atoms with Crippen molar-refractivity contribution in [1.29, 1.82) is 0 Å². The maximum atomic E-state index is 14.4. The van der Waals surface area contributed by atoms with Crippen molar-refractivity contribution in [3.05, 3.63) is 90.1 Å². The molecule has 0 radical (unpaired) electrons. The van der Waals surface area contributed by atoms with Crippen molar-refractivity contribution >= 4 is 70.0 Å². The van der Waals surface area contributed by atoms with E-state index in [0.29, 0.717) is 16.8 Å². The average molecular weight is 1060 g/mol. The Morgan fingerprint density at radius 3 is 1.75 bits per heavy atom. The molecule has 2 aromatic carbocycles. The van der Waals surface area contributed by atoms with Crippen molar-refractivity contribution in [3.63, 3.8) is 0 Å². The van der Waals surface area contributed by atoms with Crippen molar-refractivity contribution in [2.75, 3.05) is 13.1 Å². The highest BCUT2D eigenvalue weighted by Crippen LogP contribution is 2.20. The Bertz CT molecular complexity index is 2680. The first-order valence-electron chi connectivity index (χ1n) is 25.0. The van der Waals surface area contributed by atoms with Crippen LogP contribution in [0.2, 0.25) is 0 Å². The van der Waals surface area contributed by atoms with E-state index in [9.17, 15) is 58.2 Å². The van der Waals surface area contributed by atoms with Gasteiger partial charge in [0.1, 0.15) is 48.3 Å². The fourth-order valence-electron chi connectivity index (χ4n) is 8.20. The van der Waals surface area contributed by atoms with Crippen LogP contribution in [0.1, 0.15) is 71.2 Å². The zero-order valence-electron chi connectivity index (χ0n) is 43.2. The molecule has 14 N–H and O–H groups in total. The number of imidazole rings is 1. The summed E-state index contributed by atoms with van der Waals surface area (Å²) in [4.78, 5) is 147. The Hall–Kier alpha value is -8.19. The second-order valence-corrected chi connectivity index (χ2v) is 19.2. The van der Waals surface area contributed by atoms with Gasteiger partial charge in [0.2, 0.25) is 59.1 Å². The normalized spacial score (nSPS) is 24.9. The standard InChI is InChI=1S/C51H69N13O12/c1-26(2)18-36-46(71)53-17-16-40(67)57-27(3)45(70)63-42(29(5)65)50(75)58-28(4)44(69)60-39(21-33-23-52-25-56-33)48(73)61-38(20-32-22-54-35-15-11-10-14-34(32)35)47(72)55-24-41(68)59-37(19-31-12-8-7-9-13-31)49(74)64-43(30(6)66)51(76)62-36/h7-15,22-23,25-30,36-39,42-43,54,65-66H,16-21,24H2,1-6H3,(H,52,56)(H,53,71)(H,55,72)(H,57,67)(H,58,75)(H,59,68)(H,60,69)(H,61,73)(H,62,76)(H,63,70)(H,64,74)/t27-,28-,29+,30+,36-,37-,38-,39-,42-,43-/m0/s1. The summed E-state index contributed by atoms with van der Waals surface area (Å²) in [5, 5.41) is 47.4. The molecule has 10 amide bonds. The second-order valence-electron chi connectivity index (χ2n) is 19.2. The Morgan fingerprint density at radius 2 is 1.09 bits per heavy atom. The highest BCUT2D eigenvalue weighted by atomic mass is 16.3. The van der Waals surface area contributed by atoms with E-state index in [1.807, 2.05) is 6.07 Å². The van der Waals surface area contributed by atoms with E-state index in [1.54, 1.807) is 68.6 Å². The molecule has 1 saturated heterocycles. The zero-order valence-corrected chi connectivity index (χ0v) is 43.2. The zero-order chi connectivity index (χ0) is 55.6. The Kier molecular flexibility index (Phi) is 21.6. The van der Waals surface area contributed by atoms with E-state index < -0.39 is 126 Å². The fourth-order valence-corrected chi connectivity index (χ4v) is 8.20. The minimum atomic E-state index is -1.65. The van der Waals surface area contributed by atoms with Crippen LogP contribution in [-0.4, -0.2) is 158 Å². The number of carbonyl (C=O) groups excluding carboxylic acids is 10. The Labute approximate surface area is 438 Å². The topological polar surface area (TPSA) is 376 Å². The SMILES string of the molecule is CC(C)C[C@@H]1NC(=O)[C@H]([C@@H](C)O)NC(=O)[C@H](Cc2ccccc2)NC(=O)CNC(=O)[C@H](Cc2c[nH]c3ccccc23)NC(=O)[C@H](Cc2cnc[nH]2)NC(=O)[C@H](C)NC(=O)[C@H]([C@@H](C)O)NC(=O)[C@H](C)NC(=O)CCNC1=O. The quantitative estimate of drug-likeness (QED) is 0.0769. The number of hydrogen-bond acceptors (Lipinski definition) is 13. The number of aliphatic hydroxyl groups is 2. The molecule has 2 aromatic heterocycles. The summed E-state index contributed by atoms with van der Waals surface area (Å²) in [7, 11) is 0. The molecule has 3 heterocycles. The first-order chi connectivity index (χ1) is 36.1. The summed E-state index contributed by atoms with van der Waals surface area (Å²) in [5.74, 6) is -8.72. The highest BCUT2D eigenvalue weighted by molar-refractivity contribution is 5.98. The summed E-state index contributed by atoms with van der Waals surface area (Å²) in [6, 6.07) is 4.40. The number of amides is 10. The van der Waals surface area contributed by atoms with E-state index >= 15 is 0 Å². The number of benzene rings is 2. The molecule has 10 atom stereocenters. The number of aliphatic hydroxyl groups excluding tert-OH is 2. The molecule has 0 saturated carbocycles. The van der Waals surface area contributed by atoms with Crippen LogP contribution < -0.4 is 53.2 Å². The van der Waals surface area contributed by atoms with Crippen molar-refractivity contribution in [1.82, 2.24) is 68.1 Å². The molecular weight excluding hydrogens is 987 g/mol. The summed E-state index contributed by atoms with van der Waals surface area (Å²) >= 11 is 0. The van der Waals surface area contributed by atoms with E-state index in [-0.39, 0.29) is 44.6 Å². The van der Waals surface area contributed by atoms with Crippen LogP contribution in [0.4, 0.5) is 0 Å². The van der Waals surface area contributed by atoms with Crippen LogP contribution in [0.15, 0.2) is 73.3 Å². The number of fused-ring (bicyclic) bond motifs is 1. The number of carbonyl (C=O) groups is 10. The largest absolute Gasteiger partial charge is 0.391 e.